The van der Waals surface area contributed by atoms with Crippen LogP contribution in [0.15, 0.2) is 54.6 Å². The van der Waals surface area contributed by atoms with Gasteiger partial charge in [-0.05, 0) is 29.8 Å². The molecule has 0 heterocycles. The number of aliphatic carboxylic acids is 1. The largest absolute Gasteiger partial charge is 0.479 e. The van der Waals surface area contributed by atoms with Crippen molar-refractivity contribution in [3.63, 3.8) is 0 Å². The van der Waals surface area contributed by atoms with Crippen LogP contribution in [0.5, 0.6) is 0 Å². The molecule has 0 aliphatic rings. The topological polar surface area (TPSA) is 99.2 Å². The van der Waals surface area contributed by atoms with Gasteiger partial charge < -0.3 is 16.2 Å². The van der Waals surface area contributed by atoms with Gasteiger partial charge in [-0.1, -0.05) is 30.3 Å². The van der Waals surface area contributed by atoms with Gasteiger partial charge >= 0.3 is 5.97 Å². The molecule has 0 bridgehead atoms. The van der Waals surface area contributed by atoms with Crippen molar-refractivity contribution < 1.29 is 9.90 Å². The summed E-state index contributed by atoms with van der Waals surface area (Å²) in [6.45, 7) is 0. The number of amidine groups is 1. The second-order valence-electron chi connectivity index (χ2n) is 4.32. The molecule has 5 nitrogen and oxygen atoms in total. The average Bonchev–Trinajstić information content (AvgIpc) is 2.46. The molecule has 5 N–H and O–H groups in total. The molecule has 0 radical (unpaired) electrons. The first-order valence-electron chi connectivity index (χ1n) is 6.06. The highest BCUT2D eigenvalue weighted by molar-refractivity contribution is 5.95. The van der Waals surface area contributed by atoms with E-state index in [9.17, 15) is 9.90 Å². The van der Waals surface area contributed by atoms with Gasteiger partial charge in [-0.3, -0.25) is 5.41 Å². The summed E-state index contributed by atoms with van der Waals surface area (Å²) in [5, 5.41) is 19.6. The van der Waals surface area contributed by atoms with E-state index in [1.165, 1.54) is 0 Å². The molecule has 2 rings (SSSR count). The zero-order valence-electron chi connectivity index (χ0n) is 10.7. The van der Waals surface area contributed by atoms with Gasteiger partial charge in [0.25, 0.3) is 0 Å². The maximum Gasteiger partial charge on any atom is 0.330 e. The number of rotatable bonds is 5. The van der Waals surface area contributed by atoms with E-state index in [2.05, 4.69) is 5.32 Å². The molecule has 20 heavy (non-hydrogen) atoms. The summed E-state index contributed by atoms with van der Waals surface area (Å²) in [6, 6.07) is 14.9. The Morgan fingerprint density at radius 3 is 2.20 bits per heavy atom. The van der Waals surface area contributed by atoms with Crippen LogP contribution in [-0.2, 0) is 4.79 Å². The van der Waals surface area contributed by atoms with Crippen molar-refractivity contribution in [1.29, 1.82) is 5.41 Å². The first kappa shape index (κ1) is 13.6. The zero-order valence-corrected chi connectivity index (χ0v) is 10.7. The quantitative estimate of drug-likeness (QED) is 0.494. The second kappa shape index (κ2) is 5.88. The molecule has 0 saturated carbocycles. The Balaban J connectivity index is 2.21. The van der Waals surface area contributed by atoms with Crippen molar-refractivity contribution in [2.45, 2.75) is 6.04 Å². The molecule has 0 spiro atoms. The van der Waals surface area contributed by atoms with Crippen LogP contribution in [0.2, 0.25) is 0 Å². The van der Waals surface area contributed by atoms with Gasteiger partial charge in [-0.2, -0.15) is 0 Å². The van der Waals surface area contributed by atoms with Gasteiger partial charge in [-0.25, -0.2) is 4.79 Å². The fourth-order valence-electron chi connectivity index (χ4n) is 1.85. The number of anilines is 1. The van der Waals surface area contributed by atoms with E-state index in [4.69, 9.17) is 11.1 Å². The van der Waals surface area contributed by atoms with Crippen LogP contribution in [0.1, 0.15) is 17.2 Å². The number of nitrogen functional groups attached to an aromatic ring is 1. The SMILES string of the molecule is N=C(N)c1ccc(NC(C(=O)O)c2ccccc2)cc1. The third-order valence-electron chi connectivity index (χ3n) is 2.89. The van der Waals surface area contributed by atoms with Crippen molar-refractivity contribution in [2.24, 2.45) is 5.73 Å². The van der Waals surface area contributed by atoms with Gasteiger partial charge in [0, 0.05) is 11.3 Å². The number of carboxylic acids is 1. The van der Waals surface area contributed by atoms with E-state index >= 15 is 0 Å². The summed E-state index contributed by atoms with van der Waals surface area (Å²) in [6.07, 6.45) is 0. The number of hydrogen-bond donors (Lipinski definition) is 4. The summed E-state index contributed by atoms with van der Waals surface area (Å²) in [7, 11) is 0. The Morgan fingerprint density at radius 2 is 1.70 bits per heavy atom. The second-order valence-corrected chi connectivity index (χ2v) is 4.32. The van der Waals surface area contributed by atoms with Gasteiger partial charge in [0.1, 0.15) is 5.84 Å². The van der Waals surface area contributed by atoms with Crippen LogP contribution in [0.3, 0.4) is 0 Å². The number of carbonyl (C=O) groups is 1. The number of carboxylic acid groups (broad SMARTS) is 1. The standard InChI is InChI=1S/C15H15N3O2/c16-14(17)11-6-8-12(9-7-11)18-13(15(19)20)10-4-2-1-3-5-10/h1-9,13,18H,(H3,16,17)(H,19,20). The maximum absolute atomic E-state index is 11.4. The predicted molar refractivity (Wildman–Crippen MR) is 77.9 cm³/mol. The lowest BCUT2D eigenvalue weighted by Gasteiger charge is -2.16. The van der Waals surface area contributed by atoms with E-state index in [0.29, 0.717) is 16.8 Å². The maximum atomic E-state index is 11.4. The third kappa shape index (κ3) is 3.14. The number of nitrogens with two attached hydrogens (primary N) is 1. The van der Waals surface area contributed by atoms with E-state index in [-0.39, 0.29) is 5.84 Å². The molecule has 0 amide bonds. The summed E-state index contributed by atoms with van der Waals surface area (Å²) in [5.41, 5.74) is 7.31. The first-order valence-corrected chi connectivity index (χ1v) is 6.06. The Labute approximate surface area is 116 Å². The van der Waals surface area contributed by atoms with E-state index in [1.54, 1.807) is 48.5 Å². The lowest BCUT2D eigenvalue weighted by molar-refractivity contribution is -0.138. The zero-order chi connectivity index (χ0) is 14.5. The lowest BCUT2D eigenvalue weighted by Crippen LogP contribution is -2.20. The minimum Gasteiger partial charge on any atom is -0.479 e. The summed E-state index contributed by atoms with van der Waals surface area (Å²) < 4.78 is 0. The van der Waals surface area contributed by atoms with Crippen LogP contribution in [-0.4, -0.2) is 16.9 Å². The molecule has 0 fully saturated rings. The smallest absolute Gasteiger partial charge is 0.330 e. The summed E-state index contributed by atoms with van der Waals surface area (Å²) >= 11 is 0. The monoisotopic (exact) mass is 269 g/mol. The molecule has 2 aromatic rings. The molecule has 0 aliphatic heterocycles. The fraction of sp³-hybridized carbons (Fsp3) is 0.0667. The Bertz CT molecular complexity index is 609. The van der Waals surface area contributed by atoms with E-state index < -0.39 is 12.0 Å². The molecule has 102 valence electrons. The molecule has 0 aliphatic carbocycles. The van der Waals surface area contributed by atoms with Crippen molar-refractivity contribution >= 4 is 17.5 Å². The molecule has 5 heteroatoms. The average molecular weight is 269 g/mol. The van der Waals surface area contributed by atoms with E-state index in [1.807, 2.05) is 6.07 Å². The van der Waals surface area contributed by atoms with Crippen molar-refractivity contribution in [3.05, 3.63) is 65.7 Å². The van der Waals surface area contributed by atoms with Crippen LogP contribution in [0.4, 0.5) is 5.69 Å². The minimum atomic E-state index is -0.952. The number of benzene rings is 2. The highest BCUT2D eigenvalue weighted by Crippen LogP contribution is 2.20. The fourth-order valence-corrected chi connectivity index (χ4v) is 1.85. The molecule has 1 atom stereocenters. The Kier molecular flexibility index (Phi) is 4.00. The highest BCUT2D eigenvalue weighted by atomic mass is 16.4. The minimum absolute atomic E-state index is 0.0191. The van der Waals surface area contributed by atoms with E-state index in [0.717, 1.165) is 0 Å². The lowest BCUT2D eigenvalue weighted by atomic mass is 10.1. The normalized spacial score (nSPS) is 11.6. The molecule has 2 aromatic carbocycles. The van der Waals surface area contributed by atoms with Crippen LogP contribution in [0.25, 0.3) is 0 Å². The number of nitrogens with one attached hydrogen (secondary N) is 2. The van der Waals surface area contributed by atoms with Gasteiger partial charge in [0.15, 0.2) is 6.04 Å². The summed E-state index contributed by atoms with van der Waals surface area (Å²) in [4.78, 5) is 11.4. The van der Waals surface area contributed by atoms with Gasteiger partial charge in [0.05, 0.1) is 0 Å². The van der Waals surface area contributed by atoms with Crippen LogP contribution < -0.4 is 11.1 Å². The van der Waals surface area contributed by atoms with Crippen molar-refractivity contribution in [2.75, 3.05) is 5.32 Å². The Hall–Kier alpha value is -2.82. The van der Waals surface area contributed by atoms with Crippen molar-refractivity contribution in [3.8, 4) is 0 Å². The van der Waals surface area contributed by atoms with Crippen LogP contribution in [0, 0.1) is 5.41 Å². The van der Waals surface area contributed by atoms with Gasteiger partial charge in [0.2, 0.25) is 0 Å². The predicted octanol–water partition coefficient (Wildman–Crippen LogP) is 2.21. The van der Waals surface area contributed by atoms with Crippen molar-refractivity contribution in [1.82, 2.24) is 0 Å². The van der Waals surface area contributed by atoms with Gasteiger partial charge in [-0.15, -0.1) is 0 Å². The van der Waals surface area contributed by atoms with Crippen LogP contribution >= 0.6 is 0 Å². The Morgan fingerprint density at radius 1 is 1.10 bits per heavy atom. The highest BCUT2D eigenvalue weighted by Gasteiger charge is 2.19. The molecular weight excluding hydrogens is 254 g/mol. The first-order chi connectivity index (χ1) is 9.58. The molecular formula is C15H15N3O2. The number of hydrogen-bond acceptors (Lipinski definition) is 3. The molecule has 0 aromatic heterocycles. The third-order valence-corrected chi connectivity index (χ3v) is 2.89. The molecule has 0 saturated heterocycles. The summed E-state index contributed by atoms with van der Waals surface area (Å²) in [5.74, 6) is -0.971. The molecule has 1 unspecified atom stereocenters.